The number of halogens is 4. The summed E-state index contributed by atoms with van der Waals surface area (Å²) in [6, 6.07) is 21.6. The number of carbonyl (C=O) groups excluding carboxylic acids is 1. The van der Waals surface area contributed by atoms with Crippen LogP contribution in [0.5, 0.6) is 0 Å². The van der Waals surface area contributed by atoms with Gasteiger partial charge in [0.2, 0.25) is 5.91 Å². The molecule has 5 aromatic rings. The molecule has 0 radical (unpaired) electrons. The van der Waals surface area contributed by atoms with Crippen LogP contribution in [0.1, 0.15) is 5.56 Å². The van der Waals surface area contributed by atoms with Crippen molar-refractivity contribution in [2.75, 3.05) is 11.1 Å². The highest BCUT2D eigenvalue weighted by Crippen LogP contribution is 2.36. The number of benzene rings is 3. The molecular weight excluding hydrogens is 555 g/mol. The number of amides is 1. The number of nitrogens with zero attached hydrogens (tertiary/aromatic N) is 2. The van der Waals surface area contributed by atoms with Gasteiger partial charge in [0.15, 0.2) is 5.16 Å². The first kappa shape index (κ1) is 26.0. The van der Waals surface area contributed by atoms with E-state index < -0.39 is 22.7 Å². The standard InChI is InChI=1S/C27H17ClF3N3O2S2/c28-21-12-11-17(13-20(21)27(29,30)31)32-22(35)15-38-26-33-24-23(19(14-37-24)16-7-3-1-4-8-16)25(36)34(26)18-9-5-2-6-10-18/h1-14H,15H2,(H,32,35). The Morgan fingerprint density at radius 3 is 2.39 bits per heavy atom. The Labute approximate surface area is 227 Å². The molecule has 5 nitrogen and oxygen atoms in total. The fraction of sp³-hybridized carbons (Fsp3) is 0.0741. The van der Waals surface area contributed by atoms with Crippen molar-refractivity contribution in [1.82, 2.24) is 9.55 Å². The predicted molar refractivity (Wildman–Crippen MR) is 146 cm³/mol. The number of hydrogen-bond donors (Lipinski definition) is 1. The van der Waals surface area contributed by atoms with E-state index in [9.17, 15) is 22.8 Å². The summed E-state index contributed by atoms with van der Waals surface area (Å²) in [6.45, 7) is 0. The Bertz CT molecular complexity index is 1690. The number of nitrogens with one attached hydrogen (secondary N) is 1. The minimum atomic E-state index is -4.66. The SMILES string of the molecule is O=C(CSc1nc2scc(-c3ccccc3)c2c(=O)n1-c1ccccc1)Nc1ccc(Cl)c(C(F)(F)F)c1. The quantitative estimate of drug-likeness (QED) is 0.169. The molecule has 0 aliphatic heterocycles. The number of fused-ring (bicyclic) bond motifs is 1. The van der Waals surface area contributed by atoms with E-state index in [4.69, 9.17) is 16.6 Å². The third-order valence-corrected chi connectivity index (χ3v) is 7.70. The molecule has 0 spiro atoms. The highest BCUT2D eigenvalue weighted by Gasteiger charge is 2.33. The maximum atomic E-state index is 13.8. The van der Waals surface area contributed by atoms with Crippen LogP contribution in [0.25, 0.3) is 27.0 Å². The fourth-order valence-electron chi connectivity index (χ4n) is 3.85. The second-order valence-electron chi connectivity index (χ2n) is 8.10. The van der Waals surface area contributed by atoms with Crippen LogP contribution in [0.2, 0.25) is 5.02 Å². The summed E-state index contributed by atoms with van der Waals surface area (Å²) in [6.07, 6.45) is -4.66. The largest absolute Gasteiger partial charge is 0.417 e. The smallest absolute Gasteiger partial charge is 0.325 e. The fourth-order valence-corrected chi connectivity index (χ4v) is 5.88. The first-order chi connectivity index (χ1) is 18.2. The van der Waals surface area contributed by atoms with Gasteiger partial charge in [-0.25, -0.2) is 4.98 Å². The van der Waals surface area contributed by atoms with E-state index in [1.54, 1.807) is 24.3 Å². The zero-order chi connectivity index (χ0) is 26.9. The number of rotatable bonds is 6. The molecule has 0 fully saturated rings. The summed E-state index contributed by atoms with van der Waals surface area (Å²) in [5.41, 5.74) is 0.872. The van der Waals surface area contributed by atoms with Gasteiger partial charge < -0.3 is 5.32 Å². The lowest BCUT2D eigenvalue weighted by Crippen LogP contribution is -2.22. The second kappa shape index (κ2) is 10.6. The number of thioether (sulfide) groups is 1. The molecule has 0 aliphatic rings. The minimum Gasteiger partial charge on any atom is -0.325 e. The minimum absolute atomic E-state index is 0.0399. The van der Waals surface area contributed by atoms with E-state index in [-0.39, 0.29) is 22.2 Å². The van der Waals surface area contributed by atoms with Crippen molar-refractivity contribution in [2.24, 2.45) is 0 Å². The zero-order valence-electron chi connectivity index (χ0n) is 19.3. The molecule has 0 aliphatic carbocycles. The van der Waals surface area contributed by atoms with Crippen molar-refractivity contribution in [3.63, 3.8) is 0 Å². The number of thiophene rings is 1. The predicted octanol–water partition coefficient (Wildman–Crippen LogP) is 7.52. The first-order valence-electron chi connectivity index (χ1n) is 11.2. The van der Waals surface area contributed by atoms with Crippen LogP contribution < -0.4 is 10.9 Å². The topological polar surface area (TPSA) is 64.0 Å². The average Bonchev–Trinajstić information content (AvgIpc) is 3.33. The average molecular weight is 572 g/mol. The van der Waals surface area contributed by atoms with E-state index in [2.05, 4.69) is 5.32 Å². The summed E-state index contributed by atoms with van der Waals surface area (Å²) >= 11 is 8.00. The molecule has 0 bridgehead atoms. The van der Waals surface area contributed by atoms with Gasteiger partial charge in [0.05, 0.1) is 27.4 Å². The Morgan fingerprint density at radius 2 is 1.71 bits per heavy atom. The highest BCUT2D eigenvalue weighted by molar-refractivity contribution is 7.99. The van der Waals surface area contributed by atoms with Gasteiger partial charge in [0.25, 0.3) is 5.56 Å². The van der Waals surface area contributed by atoms with Gasteiger partial charge in [-0.15, -0.1) is 11.3 Å². The summed E-state index contributed by atoms with van der Waals surface area (Å²) in [7, 11) is 0. The van der Waals surface area contributed by atoms with Gasteiger partial charge in [0.1, 0.15) is 4.83 Å². The third kappa shape index (κ3) is 5.33. The van der Waals surface area contributed by atoms with E-state index in [1.165, 1.54) is 22.0 Å². The Kier molecular flexibility index (Phi) is 7.29. The maximum absolute atomic E-state index is 13.8. The van der Waals surface area contributed by atoms with Crippen LogP contribution in [0.15, 0.2) is 94.2 Å². The third-order valence-electron chi connectivity index (χ3n) is 5.56. The van der Waals surface area contributed by atoms with Gasteiger partial charge in [-0.3, -0.25) is 14.2 Å². The molecule has 5 rings (SSSR count). The summed E-state index contributed by atoms with van der Waals surface area (Å²) in [5.74, 6) is -0.748. The lowest BCUT2D eigenvalue weighted by molar-refractivity contribution is -0.137. The van der Waals surface area contributed by atoms with Gasteiger partial charge in [0, 0.05) is 16.6 Å². The Balaban J connectivity index is 1.48. The van der Waals surface area contributed by atoms with Crippen LogP contribution in [-0.4, -0.2) is 21.2 Å². The van der Waals surface area contributed by atoms with Gasteiger partial charge in [-0.05, 0) is 35.9 Å². The van der Waals surface area contributed by atoms with Crippen molar-refractivity contribution in [1.29, 1.82) is 0 Å². The number of hydrogen-bond acceptors (Lipinski definition) is 5. The first-order valence-corrected chi connectivity index (χ1v) is 13.4. The molecule has 2 heterocycles. The van der Waals surface area contributed by atoms with Crippen molar-refractivity contribution in [3.8, 4) is 16.8 Å². The molecular formula is C27H17ClF3N3O2S2. The lowest BCUT2D eigenvalue weighted by atomic mass is 10.1. The van der Waals surface area contributed by atoms with Crippen molar-refractivity contribution >= 4 is 56.5 Å². The number of carbonyl (C=O) groups is 1. The molecule has 11 heteroatoms. The Hall–Kier alpha value is -3.60. The molecule has 0 unspecified atom stereocenters. The summed E-state index contributed by atoms with van der Waals surface area (Å²) < 4.78 is 41.0. The molecule has 0 atom stereocenters. The van der Waals surface area contributed by atoms with Gasteiger partial charge >= 0.3 is 6.18 Å². The molecule has 0 saturated heterocycles. The van der Waals surface area contributed by atoms with Gasteiger partial charge in [-0.1, -0.05) is 71.9 Å². The van der Waals surface area contributed by atoms with E-state index >= 15 is 0 Å². The van der Waals surface area contributed by atoms with Crippen LogP contribution in [0, 0.1) is 0 Å². The monoisotopic (exact) mass is 571 g/mol. The maximum Gasteiger partial charge on any atom is 0.417 e. The number of para-hydroxylation sites is 1. The number of alkyl halides is 3. The highest BCUT2D eigenvalue weighted by atomic mass is 35.5. The number of anilines is 1. The van der Waals surface area contributed by atoms with Crippen molar-refractivity contribution in [3.05, 3.63) is 105 Å². The zero-order valence-corrected chi connectivity index (χ0v) is 21.7. The normalized spacial score (nSPS) is 11.6. The van der Waals surface area contributed by atoms with Crippen molar-refractivity contribution < 1.29 is 18.0 Å². The molecule has 0 saturated carbocycles. The van der Waals surface area contributed by atoms with E-state index in [0.29, 0.717) is 15.9 Å². The molecule has 1 N–H and O–H groups in total. The van der Waals surface area contributed by atoms with Crippen LogP contribution in [0.3, 0.4) is 0 Å². The summed E-state index contributed by atoms with van der Waals surface area (Å²) in [5, 5.41) is 4.64. The van der Waals surface area contributed by atoms with Crippen molar-refractivity contribution in [2.45, 2.75) is 11.3 Å². The van der Waals surface area contributed by atoms with Gasteiger partial charge in [-0.2, -0.15) is 13.2 Å². The Morgan fingerprint density at radius 1 is 1.03 bits per heavy atom. The molecule has 3 aromatic carbocycles. The molecule has 2 aromatic heterocycles. The number of aromatic nitrogens is 2. The lowest BCUT2D eigenvalue weighted by Gasteiger charge is -2.13. The van der Waals surface area contributed by atoms with Crippen LogP contribution in [0.4, 0.5) is 18.9 Å². The van der Waals surface area contributed by atoms with E-state index in [0.717, 1.165) is 35.0 Å². The molecule has 192 valence electrons. The van der Waals surface area contributed by atoms with Crippen LogP contribution in [-0.2, 0) is 11.0 Å². The molecule has 38 heavy (non-hydrogen) atoms. The second-order valence-corrected chi connectivity index (χ2v) is 10.3. The van der Waals surface area contributed by atoms with E-state index in [1.807, 2.05) is 41.8 Å². The van der Waals surface area contributed by atoms with Crippen LogP contribution >= 0.6 is 34.7 Å². The molecule has 1 amide bonds. The summed E-state index contributed by atoms with van der Waals surface area (Å²) in [4.78, 5) is 31.7.